The number of nitrogens with one attached hydrogen (secondary N) is 1. The van der Waals surface area contributed by atoms with Gasteiger partial charge in [0.15, 0.2) is 0 Å². The smallest absolute Gasteiger partial charge is 0.148 e. The lowest BCUT2D eigenvalue weighted by Crippen LogP contribution is -2.15. The van der Waals surface area contributed by atoms with Crippen molar-refractivity contribution in [3.8, 4) is 0 Å². The van der Waals surface area contributed by atoms with Crippen molar-refractivity contribution in [2.45, 2.75) is 26.2 Å². The molecule has 1 aromatic heterocycles. The number of nitrogens with zero attached hydrogens (tertiary/aromatic N) is 2. The minimum absolute atomic E-state index is 0.0646. The van der Waals surface area contributed by atoms with E-state index in [0.717, 1.165) is 23.8 Å². The van der Waals surface area contributed by atoms with Crippen molar-refractivity contribution in [3.63, 3.8) is 0 Å². The van der Waals surface area contributed by atoms with E-state index in [-0.39, 0.29) is 5.41 Å². The highest BCUT2D eigenvalue weighted by molar-refractivity contribution is 7.80. The lowest BCUT2D eigenvalue weighted by atomic mass is 9.92. The zero-order valence-electron chi connectivity index (χ0n) is 8.91. The number of aromatic nitrogens is 2. The summed E-state index contributed by atoms with van der Waals surface area (Å²) in [5.41, 5.74) is 1.07. The van der Waals surface area contributed by atoms with Gasteiger partial charge in [0.1, 0.15) is 5.82 Å². The Hall–Kier alpha value is -0.770. The fourth-order valence-electron chi connectivity index (χ4n) is 1.01. The van der Waals surface area contributed by atoms with E-state index in [4.69, 9.17) is 0 Å². The SMILES string of the molecule is CC(C)(C)c1ccc(NCCS)nn1. The van der Waals surface area contributed by atoms with Gasteiger partial charge in [-0.1, -0.05) is 20.8 Å². The Morgan fingerprint density at radius 1 is 1.29 bits per heavy atom. The molecule has 0 fully saturated rings. The zero-order valence-corrected chi connectivity index (χ0v) is 9.80. The lowest BCUT2D eigenvalue weighted by molar-refractivity contribution is 0.559. The van der Waals surface area contributed by atoms with Crippen LogP contribution < -0.4 is 5.32 Å². The molecule has 0 aliphatic carbocycles. The number of anilines is 1. The van der Waals surface area contributed by atoms with Crippen LogP contribution in [0.15, 0.2) is 12.1 Å². The van der Waals surface area contributed by atoms with Crippen molar-refractivity contribution in [2.24, 2.45) is 0 Å². The van der Waals surface area contributed by atoms with Crippen LogP contribution in [0.5, 0.6) is 0 Å². The molecule has 1 rings (SSSR count). The molecular weight excluding hydrogens is 194 g/mol. The van der Waals surface area contributed by atoms with Gasteiger partial charge in [-0.15, -0.1) is 5.10 Å². The molecule has 3 nitrogen and oxygen atoms in total. The fourth-order valence-corrected chi connectivity index (χ4v) is 1.12. The Balaban J connectivity index is 2.69. The second-order valence-corrected chi connectivity index (χ2v) is 4.65. The largest absolute Gasteiger partial charge is 0.368 e. The van der Waals surface area contributed by atoms with Crippen LogP contribution >= 0.6 is 12.6 Å². The van der Waals surface area contributed by atoms with Gasteiger partial charge < -0.3 is 5.32 Å². The molecule has 0 bridgehead atoms. The van der Waals surface area contributed by atoms with E-state index in [1.165, 1.54) is 0 Å². The van der Waals surface area contributed by atoms with Gasteiger partial charge in [0.05, 0.1) is 5.69 Å². The highest BCUT2D eigenvalue weighted by Gasteiger charge is 2.15. The average Bonchev–Trinajstić information content (AvgIpc) is 2.14. The van der Waals surface area contributed by atoms with E-state index >= 15 is 0 Å². The van der Waals surface area contributed by atoms with Crippen LogP contribution in [-0.2, 0) is 5.41 Å². The topological polar surface area (TPSA) is 37.8 Å². The third-order valence-corrected chi connectivity index (χ3v) is 2.07. The summed E-state index contributed by atoms with van der Waals surface area (Å²) in [6.07, 6.45) is 0. The van der Waals surface area contributed by atoms with Gasteiger partial charge in [-0.2, -0.15) is 17.7 Å². The van der Waals surface area contributed by atoms with E-state index in [2.05, 4.69) is 48.9 Å². The van der Waals surface area contributed by atoms with Gasteiger partial charge in [0.25, 0.3) is 0 Å². The standard InChI is InChI=1S/C10H17N3S/c1-10(2,3)8-4-5-9(13-12-8)11-6-7-14/h4-5,14H,6-7H2,1-3H3,(H,11,13). The summed E-state index contributed by atoms with van der Waals surface area (Å²) in [6, 6.07) is 3.96. The predicted molar refractivity (Wildman–Crippen MR) is 63.1 cm³/mol. The second kappa shape index (κ2) is 4.64. The van der Waals surface area contributed by atoms with Crippen molar-refractivity contribution in [3.05, 3.63) is 17.8 Å². The minimum atomic E-state index is 0.0646. The molecule has 0 aliphatic heterocycles. The quantitative estimate of drug-likeness (QED) is 0.752. The summed E-state index contributed by atoms with van der Waals surface area (Å²) in [4.78, 5) is 0. The second-order valence-electron chi connectivity index (χ2n) is 4.20. The summed E-state index contributed by atoms with van der Waals surface area (Å²) in [5, 5.41) is 11.4. The molecule has 1 heterocycles. The Kier molecular flexibility index (Phi) is 3.75. The molecule has 14 heavy (non-hydrogen) atoms. The Bertz CT molecular complexity index is 276. The minimum Gasteiger partial charge on any atom is -0.368 e. The van der Waals surface area contributed by atoms with Gasteiger partial charge >= 0.3 is 0 Å². The van der Waals surface area contributed by atoms with Crippen LogP contribution in [0.4, 0.5) is 5.82 Å². The molecule has 4 heteroatoms. The molecule has 0 amide bonds. The van der Waals surface area contributed by atoms with Crippen molar-refractivity contribution in [1.82, 2.24) is 10.2 Å². The van der Waals surface area contributed by atoms with Crippen LogP contribution in [0, 0.1) is 0 Å². The monoisotopic (exact) mass is 211 g/mol. The fraction of sp³-hybridized carbons (Fsp3) is 0.600. The highest BCUT2D eigenvalue weighted by Crippen LogP contribution is 2.19. The molecule has 0 saturated carbocycles. The summed E-state index contributed by atoms with van der Waals surface area (Å²) in [7, 11) is 0. The third kappa shape index (κ3) is 3.18. The molecular formula is C10H17N3S. The maximum atomic E-state index is 4.17. The van der Waals surface area contributed by atoms with Gasteiger partial charge in [-0.3, -0.25) is 0 Å². The number of hydrogen-bond donors (Lipinski definition) is 2. The molecule has 0 radical (unpaired) electrons. The summed E-state index contributed by atoms with van der Waals surface area (Å²) < 4.78 is 0. The van der Waals surface area contributed by atoms with Crippen molar-refractivity contribution in [1.29, 1.82) is 0 Å². The van der Waals surface area contributed by atoms with Crippen molar-refractivity contribution >= 4 is 18.4 Å². The Morgan fingerprint density at radius 2 is 2.00 bits per heavy atom. The zero-order chi connectivity index (χ0) is 10.6. The molecule has 0 aromatic carbocycles. The van der Waals surface area contributed by atoms with Gasteiger partial charge in [-0.05, 0) is 12.1 Å². The average molecular weight is 211 g/mol. The van der Waals surface area contributed by atoms with Crippen LogP contribution in [0.2, 0.25) is 0 Å². The lowest BCUT2D eigenvalue weighted by Gasteiger charge is -2.16. The van der Waals surface area contributed by atoms with Crippen LogP contribution in [0.1, 0.15) is 26.5 Å². The first-order valence-electron chi connectivity index (χ1n) is 4.73. The normalized spacial score (nSPS) is 11.4. The molecule has 0 unspecified atom stereocenters. The maximum absolute atomic E-state index is 4.17. The first-order chi connectivity index (χ1) is 6.54. The number of rotatable bonds is 3. The van der Waals surface area contributed by atoms with E-state index < -0.39 is 0 Å². The Labute approximate surface area is 90.7 Å². The molecule has 0 saturated heterocycles. The highest BCUT2D eigenvalue weighted by atomic mass is 32.1. The molecule has 0 spiro atoms. The molecule has 0 aliphatic rings. The molecule has 78 valence electrons. The summed E-state index contributed by atoms with van der Waals surface area (Å²) >= 11 is 4.11. The molecule has 0 atom stereocenters. The summed E-state index contributed by atoms with van der Waals surface area (Å²) in [5.74, 6) is 1.61. The number of thiol groups is 1. The van der Waals surface area contributed by atoms with Crippen LogP contribution in [-0.4, -0.2) is 22.5 Å². The first kappa shape index (κ1) is 11.3. The van der Waals surface area contributed by atoms with E-state index in [1.54, 1.807) is 0 Å². The third-order valence-electron chi connectivity index (χ3n) is 1.85. The maximum Gasteiger partial charge on any atom is 0.148 e. The van der Waals surface area contributed by atoms with E-state index in [0.29, 0.717) is 0 Å². The Morgan fingerprint density at radius 3 is 2.43 bits per heavy atom. The predicted octanol–water partition coefficient (Wildman–Crippen LogP) is 2.12. The van der Waals surface area contributed by atoms with Gasteiger partial charge in [0, 0.05) is 17.7 Å². The van der Waals surface area contributed by atoms with Crippen molar-refractivity contribution < 1.29 is 0 Å². The van der Waals surface area contributed by atoms with Gasteiger partial charge in [-0.25, -0.2) is 0 Å². The van der Waals surface area contributed by atoms with Gasteiger partial charge in [0.2, 0.25) is 0 Å². The van der Waals surface area contributed by atoms with E-state index in [1.807, 2.05) is 12.1 Å². The summed E-state index contributed by atoms with van der Waals surface area (Å²) in [6.45, 7) is 7.18. The van der Waals surface area contributed by atoms with E-state index in [9.17, 15) is 0 Å². The van der Waals surface area contributed by atoms with Crippen LogP contribution in [0.25, 0.3) is 0 Å². The number of hydrogen-bond acceptors (Lipinski definition) is 4. The molecule has 1 N–H and O–H groups in total. The van der Waals surface area contributed by atoms with Crippen molar-refractivity contribution in [2.75, 3.05) is 17.6 Å². The van der Waals surface area contributed by atoms with Crippen LogP contribution in [0.3, 0.4) is 0 Å². The molecule has 1 aromatic rings. The first-order valence-corrected chi connectivity index (χ1v) is 5.36.